The van der Waals surface area contributed by atoms with Crippen molar-refractivity contribution in [2.24, 2.45) is 0 Å². The van der Waals surface area contributed by atoms with E-state index in [0.29, 0.717) is 18.0 Å². The standard InChI is InChI=1S/C13H21ClN4O/c1-4-10-7-5-6-8-18(10)12-15-11(14)16-13(17-12)19-9(2)3/h9-10H,4-8H2,1-3H3. The maximum absolute atomic E-state index is 5.97. The van der Waals surface area contributed by atoms with E-state index in [1.54, 1.807) is 0 Å². The lowest BCUT2D eigenvalue weighted by Crippen LogP contribution is -2.40. The summed E-state index contributed by atoms with van der Waals surface area (Å²) in [5, 5.41) is 0.195. The maximum atomic E-state index is 5.97. The predicted molar refractivity (Wildman–Crippen MR) is 75.9 cm³/mol. The third kappa shape index (κ3) is 3.69. The lowest BCUT2D eigenvalue weighted by Gasteiger charge is -2.35. The molecule has 6 heteroatoms. The van der Waals surface area contributed by atoms with E-state index in [-0.39, 0.29) is 11.4 Å². The zero-order valence-electron chi connectivity index (χ0n) is 11.8. The highest BCUT2D eigenvalue weighted by Gasteiger charge is 2.24. The van der Waals surface area contributed by atoms with Gasteiger partial charge >= 0.3 is 6.01 Å². The van der Waals surface area contributed by atoms with Gasteiger partial charge in [-0.25, -0.2) is 0 Å². The number of hydrogen-bond donors (Lipinski definition) is 0. The first-order chi connectivity index (χ1) is 9.10. The van der Waals surface area contributed by atoms with Crippen LogP contribution in [0.4, 0.5) is 5.95 Å². The summed E-state index contributed by atoms with van der Waals surface area (Å²) in [5.41, 5.74) is 0. The number of aromatic nitrogens is 3. The molecule has 1 aliphatic rings. The summed E-state index contributed by atoms with van der Waals surface area (Å²) in [6.07, 6.45) is 4.72. The third-order valence-electron chi connectivity index (χ3n) is 3.27. The molecule has 0 N–H and O–H groups in total. The van der Waals surface area contributed by atoms with Gasteiger partial charge in [0.2, 0.25) is 11.2 Å². The molecule has 1 aliphatic heterocycles. The first kappa shape index (κ1) is 14.3. The fraction of sp³-hybridized carbons (Fsp3) is 0.769. The molecule has 0 saturated carbocycles. The maximum Gasteiger partial charge on any atom is 0.322 e. The van der Waals surface area contributed by atoms with E-state index < -0.39 is 0 Å². The molecule has 0 amide bonds. The first-order valence-corrected chi connectivity index (χ1v) is 7.32. The van der Waals surface area contributed by atoms with Crippen LogP contribution in [0, 0.1) is 0 Å². The number of rotatable bonds is 4. The highest BCUT2D eigenvalue weighted by molar-refractivity contribution is 6.28. The van der Waals surface area contributed by atoms with Crippen LogP contribution in [0.1, 0.15) is 46.5 Å². The molecule has 0 bridgehead atoms. The highest BCUT2D eigenvalue weighted by atomic mass is 35.5. The van der Waals surface area contributed by atoms with E-state index in [1.807, 2.05) is 13.8 Å². The lowest BCUT2D eigenvalue weighted by molar-refractivity contribution is 0.221. The van der Waals surface area contributed by atoms with Crippen LogP contribution in [-0.2, 0) is 0 Å². The van der Waals surface area contributed by atoms with Gasteiger partial charge in [0.1, 0.15) is 0 Å². The summed E-state index contributed by atoms with van der Waals surface area (Å²) in [6, 6.07) is 0.796. The average Bonchev–Trinajstić information content (AvgIpc) is 2.37. The minimum Gasteiger partial charge on any atom is -0.461 e. The summed E-state index contributed by atoms with van der Waals surface area (Å²) < 4.78 is 5.52. The van der Waals surface area contributed by atoms with Gasteiger partial charge in [-0.05, 0) is 51.1 Å². The minimum atomic E-state index is 0.0228. The van der Waals surface area contributed by atoms with Crippen molar-refractivity contribution in [3.8, 4) is 6.01 Å². The fourth-order valence-corrected chi connectivity index (χ4v) is 2.55. The van der Waals surface area contributed by atoms with E-state index in [2.05, 4.69) is 26.8 Å². The summed E-state index contributed by atoms with van der Waals surface area (Å²) in [7, 11) is 0. The van der Waals surface area contributed by atoms with Gasteiger partial charge in [-0.15, -0.1) is 0 Å². The number of ether oxygens (including phenoxy) is 1. The number of nitrogens with zero attached hydrogens (tertiary/aromatic N) is 4. The van der Waals surface area contributed by atoms with Gasteiger partial charge in [-0.1, -0.05) is 6.92 Å². The van der Waals surface area contributed by atoms with Crippen LogP contribution in [0.5, 0.6) is 6.01 Å². The molecule has 0 radical (unpaired) electrons. The Morgan fingerprint density at radius 1 is 1.32 bits per heavy atom. The summed E-state index contributed by atoms with van der Waals surface area (Å²) in [4.78, 5) is 14.9. The third-order valence-corrected chi connectivity index (χ3v) is 3.44. The normalized spacial score (nSPS) is 19.8. The van der Waals surface area contributed by atoms with Gasteiger partial charge in [0.05, 0.1) is 6.10 Å². The highest BCUT2D eigenvalue weighted by Crippen LogP contribution is 2.25. The molecule has 1 aromatic rings. The quantitative estimate of drug-likeness (QED) is 0.850. The monoisotopic (exact) mass is 284 g/mol. The van der Waals surface area contributed by atoms with Crippen LogP contribution in [0.2, 0.25) is 5.28 Å². The summed E-state index contributed by atoms with van der Waals surface area (Å²) in [6.45, 7) is 7.04. The van der Waals surface area contributed by atoms with Gasteiger partial charge in [0.25, 0.3) is 0 Å². The van der Waals surface area contributed by atoms with E-state index in [9.17, 15) is 0 Å². The Labute approximate surface area is 119 Å². The molecule has 19 heavy (non-hydrogen) atoms. The number of piperidine rings is 1. The lowest BCUT2D eigenvalue weighted by atomic mass is 10.0. The number of anilines is 1. The Bertz CT molecular complexity index is 427. The summed E-state index contributed by atoms with van der Waals surface area (Å²) in [5.74, 6) is 0.641. The first-order valence-electron chi connectivity index (χ1n) is 6.95. The minimum absolute atomic E-state index is 0.0228. The van der Waals surface area contributed by atoms with E-state index >= 15 is 0 Å². The van der Waals surface area contributed by atoms with Crippen LogP contribution >= 0.6 is 11.6 Å². The molecule has 0 aromatic carbocycles. The van der Waals surface area contributed by atoms with E-state index in [4.69, 9.17) is 16.3 Å². The molecule has 1 saturated heterocycles. The molecular formula is C13H21ClN4O. The number of halogens is 1. The van der Waals surface area contributed by atoms with Gasteiger partial charge in [-0.2, -0.15) is 15.0 Å². The molecule has 1 atom stereocenters. The van der Waals surface area contributed by atoms with Gasteiger partial charge in [0, 0.05) is 12.6 Å². The van der Waals surface area contributed by atoms with Crippen LogP contribution in [0.3, 0.4) is 0 Å². The van der Waals surface area contributed by atoms with Crippen molar-refractivity contribution in [2.75, 3.05) is 11.4 Å². The molecule has 1 unspecified atom stereocenters. The number of hydrogen-bond acceptors (Lipinski definition) is 5. The SMILES string of the molecule is CCC1CCCCN1c1nc(Cl)nc(OC(C)C)n1. The van der Waals surface area contributed by atoms with Crippen LogP contribution in [0.15, 0.2) is 0 Å². The molecule has 2 heterocycles. The van der Waals surface area contributed by atoms with E-state index in [1.165, 1.54) is 19.3 Å². The Hall–Kier alpha value is -1.10. The summed E-state index contributed by atoms with van der Waals surface area (Å²) >= 11 is 5.97. The molecule has 2 rings (SSSR count). The van der Waals surface area contributed by atoms with Crippen molar-refractivity contribution in [1.82, 2.24) is 15.0 Å². The molecule has 1 fully saturated rings. The zero-order valence-corrected chi connectivity index (χ0v) is 12.5. The second-order valence-corrected chi connectivity index (χ2v) is 5.44. The molecule has 1 aromatic heterocycles. The molecule has 0 spiro atoms. The Balaban J connectivity index is 2.24. The largest absolute Gasteiger partial charge is 0.461 e. The van der Waals surface area contributed by atoms with Crippen LogP contribution in [0.25, 0.3) is 0 Å². The van der Waals surface area contributed by atoms with Crippen molar-refractivity contribution in [1.29, 1.82) is 0 Å². The predicted octanol–water partition coefficient (Wildman–Crippen LogP) is 3.08. The second-order valence-electron chi connectivity index (χ2n) is 5.10. The van der Waals surface area contributed by atoms with Crippen molar-refractivity contribution < 1.29 is 4.74 Å². The van der Waals surface area contributed by atoms with Crippen molar-refractivity contribution in [3.63, 3.8) is 0 Å². The Kier molecular flexibility index (Phi) is 4.80. The Morgan fingerprint density at radius 3 is 2.79 bits per heavy atom. The fourth-order valence-electron chi connectivity index (χ4n) is 2.40. The van der Waals surface area contributed by atoms with Gasteiger partial charge in [0.15, 0.2) is 0 Å². The van der Waals surface area contributed by atoms with Crippen LogP contribution < -0.4 is 9.64 Å². The zero-order chi connectivity index (χ0) is 13.8. The molecule has 0 aliphatic carbocycles. The van der Waals surface area contributed by atoms with Crippen molar-refractivity contribution in [2.45, 2.75) is 58.6 Å². The van der Waals surface area contributed by atoms with E-state index in [0.717, 1.165) is 13.0 Å². The smallest absolute Gasteiger partial charge is 0.322 e. The molecule has 106 valence electrons. The topological polar surface area (TPSA) is 51.1 Å². The average molecular weight is 285 g/mol. The van der Waals surface area contributed by atoms with Gasteiger partial charge in [-0.3, -0.25) is 0 Å². The van der Waals surface area contributed by atoms with Crippen molar-refractivity contribution in [3.05, 3.63) is 5.28 Å². The Morgan fingerprint density at radius 2 is 2.11 bits per heavy atom. The second kappa shape index (κ2) is 6.37. The molecular weight excluding hydrogens is 264 g/mol. The van der Waals surface area contributed by atoms with Crippen LogP contribution in [-0.4, -0.2) is 33.6 Å². The van der Waals surface area contributed by atoms with Crippen molar-refractivity contribution >= 4 is 17.5 Å². The van der Waals surface area contributed by atoms with Gasteiger partial charge < -0.3 is 9.64 Å². The molecule has 5 nitrogen and oxygen atoms in total.